The normalized spacial score (nSPS) is 23.2. The highest BCUT2D eigenvalue weighted by molar-refractivity contribution is 7.99. The van der Waals surface area contributed by atoms with Gasteiger partial charge in [0, 0.05) is 35.5 Å². The van der Waals surface area contributed by atoms with Gasteiger partial charge in [-0.05, 0) is 55.7 Å². The fourth-order valence-electron chi connectivity index (χ4n) is 3.75. The molecule has 2 amide bonds. The highest BCUT2D eigenvalue weighted by Gasteiger charge is 2.39. The zero-order valence-electron chi connectivity index (χ0n) is 15.1. The lowest BCUT2D eigenvalue weighted by molar-refractivity contribution is -0.114. The molecule has 6 nitrogen and oxygen atoms in total. The van der Waals surface area contributed by atoms with Crippen molar-refractivity contribution < 1.29 is 9.59 Å². The number of amides is 2. The lowest BCUT2D eigenvalue weighted by atomic mass is 9.95. The van der Waals surface area contributed by atoms with Crippen LogP contribution in [0.5, 0.6) is 0 Å². The van der Waals surface area contributed by atoms with Crippen LogP contribution in [0.2, 0.25) is 0 Å². The number of fused-ring (bicyclic) bond motifs is 2. The van der Waals surface area contributed by atoms with Crippen molar-refractivity contribution in [1.82, 2.24) is 15.6 Å². The van der Waals surface area contributed by atoms with Gasteiger partial charge in [0.2, 0.25) is 5.91 Å². The van der Waals surface area contributed by atoms with E-state index in [2.05, 4.69) is 20.9 Å². The smallest absolute Gasteiger partial charge is 0.251 e. The number of anilines is 1. The van der Waals surface area contributed by atoms with Crippen LogP contribution in [-0.4, -0.2) is 34.9 Å². The van der Waals surface area contributed by atoms with Gasteiger partial charge in [-0.25, -0.2) is 4.98 Å². The van der Waals surface area contributed by atoms with Crippen molar-refractivity contribution in [3.63, 3.8) is 0 Å². The van der Waals surface area contributed by atoms with Crippen LogP contribution in [-0.2, 0) is 4.79 Å². The number of benzene rings is 1. The molecule has 0 spiro atoms. The maximum atomic E-state index is 12.5. The van der Waals surface area contributed by atoms with E-state index in [0.717, 1.165) is 22.8 Å². The van der Waals surface area contributed by atoms with Crippen molar-refractivity contribution in [2.45, 2.75) is 54.2 Å². The molecule has 27 heavy (non-hydrogen) atoms. The molecule has 7 heteroatoms. The summed E-state index contributed by atoms with van der Waals surface area (Å²) in [4.78, 5) is 29.0. The van der Waals surface area contributed by atoms with Gasteiger partial charge in [0.25, 0.3) is 5.91 Å². The average Bonchev–Trinajstić information content (AvgIpc) is 3.25. The Balaban J connectivity index is 1.37. The second kappa shape index (κ2) is 7.70. The molecule has 4 rings (SSSR count). The third-order valence-corrected chi connectivity index (χ3v) is 5.93. The Bertz CT molecular complexity index is 855. The highest BCUT2D eigenvalue weighted by Crippen LogP contribution is 2.29. The fourth-order valence-corrected chi connectivity index (χ4v) is 4.56. The Hall–Kier alpha value is -2.38. The molecule has 0 saturated carbocycles. The molecule has 2 saturated heterocycles. The van der Waals surface area contributed by atoms with E-state index in [1.54, 1.807) is 6.07 Å². The van der Waals surface area contributed by atoms with Crippen LogP contribution < -0.4 is 16.0 Å². The molecule has 2 aromatic rings. The van der Waals surface area contributed by atoms with E-state index in [1.807, 2.05) is 36.4 Å². The van der Waals surface area contributed by atoms with Gasteiger partial charge in [-0.1, -0.05) is 17.8 Å². The number of nitrogens with zero attached hydrogens (tertiary/aromatic N) is 1. The van der Waals surface area contributed by atoms with Crippen LogP contribution in [0.15, 0.2) is 52.4 Å². The van der Waals surface area contributed by atoms with Gasteiger partial charge >= 0.3 is 0 Å². The number of aromatic nitrogens is 1. The Labute approximate surface area is 162 Å². The summed E-state index contributed by atoms with van der Waals surface area (Å²) in [5.41, 5.74) is 0.669. The molecule has 2 aliphatic heterocycles. The lowest BCUT2D eigenvalue weighted by Gasteiger charge is -2.21. The summed E-state index contributed by atoms with van der Waals surface area (Å²) in [7, 11) is 0. The molecule has 1 aromatic carbocycles. The first-order chi connectivity index (χ1) is 13.1. The third-order valence-electron chi connectivity index (χ3n) is 4.98. The lowest BCUT2D eigenvalue weighted by Crippen LogP contribution is -2.42. The number of carbonyl (C=O) groups is 2. The summed E-state index contributed by atoms with van der Waals surface area (Å²) >= 11 is 1.49. The first-order valence-electron chi connectivity index (χ1n) is 9.16. The first kappa shape index (κ1) is 18.0. The molecule has 2 aliphatic rings. The van der Waals surface area contributed by atoms with Gasteiger partial charge in [0.05, 0.1) is 0 Å². The molecule has 0 unspecified atom stereocenters. The van der Waals surface area contributed by atoms with E-state index in [1.165, 1.54) is 25.1 Å². The van der Waals surface area contributed by atoms with Crippen molar-refractivity contribution in [1.29, 1.82) is 0 Å². The molecule has 2 bridgehead atoms. The quantitative estimate of drug-likeness (QED) is 0.741. The Morgan fingerprint density at radius 3 is 2.63 bits per heavy atom. The van der Waals surface area contributed by atoms with Gasteiger partial charge in [0.15, 0.2) is 0 Å². The van der Waals surface area contributed by atoms with Gasteiger partial charge in [-0.3, -0.25) is 9.59 Å². The third kappa shape index (κ3) is 4.31. The molecule has 3 N–H and O–H groups in total. The van der Waals surface area contributed by atoms with Crippen LogP contribution in [0, 0.1) is 0 Å². The highest BCUT2D eigenvalue weighted by atomic mass is 32.2. The van der Waals surface area contributed by atoms with E-state index in [-0.39, 0.29) is 17.9 Å². The Morgan fingerprint density at radius 2 is 1.96 bits per heavy atom. The molecule has 2 fully saturated rings. The van der Waals surface area contributed by atoms with Crippen molar-refractivity contribution in [2.75, 3.05) is 5.32 Å². The number of rotatable bonds is 5. The Kier molecular flexibility index (Phi) is 5.13. The van der Waals surface area contributed by atoms with Crippen LogP contribution in [0.1, 0.15) is 36.5 Å². The SMILES string of the molecule is CC(=O)Nc1cccc(Sc2ccc(C(=O)N[C@@H]3C[C@H]4CC[C@@H]3N4)cc2)n1. The Morgan fingerprint density at radius 1 is 1.15 bits per heavy atom. The second-order valence-electron chi connectivity index (χ2n) is 7.03. The van der Waals surface area contributed by atoms with E-state index < -0.39 is 0 Å². The topological polar surface area (TPSA) is 83.1 Å². The van der Waals surface area contributed by atoms with Gasteiger partial charge in [-0.2, -0.15) is 0 Å². The van der Waals surface area contributed by atoms with E-state index in [0.29, 0.717) is 23.5 Å². The number of pyridine rings is 1. The zero-order valence-corrected chi connectivity index (χ0v) is 15.9. The number of carbonyl (C=O) groups excluding carboxylic acids is 2. The maximum Gasteiger partial charge on any atom is 0.251 e. The number of hydrogen-bond donors (Lipinski definition) is 3. The van der Waals surface area contributed by atoms with Gasteiger partial charge in [0.1, 0.15) is 10.8 Å². The van der Waals surface area contributed by atoms with Crippen LogP contribution >= 0.6 is 11.8 Å². The standard InChI is InChI=1S/C20H22N4O2S/c1-12(25)21-18-3-2-4-19(24-18)27-15-8-5-13(6-9-15)20(26)23-17-11-14-7-10-16(17)22-14/h2-6,8-9,14,16-17,22H,7,10-11H2,1H3,(H,23,26)(H,21,24,25)/t14-,16+,17-/m1/s1. The largest absolute Gasteiger partial charge is 0.348 e. The molecule has 140 valence electrons. The summed E-state index contributed by atoms with van der Waals surface area (Å²) in [6.45, 7) is 1.46. The van der Waals surface area contributed by atoms with E-state index in [9.17, 15) is 9.59 Å². The van der Waals surface area contributed by atoms with E-state index in [4.69, 9.17) is 0 Å². The molecular formula is C20H22N4O2S. The van der Waals surface area contributed by atoms with Crippen molar-refractivity contribution >= 4 is 29.4 Å². The van der Waals surface area contributed by atoms with Crippen LogP contribution in [0.4, 0.5) is 5.82 Å². The van der Waals surface area contributed by atoms with Crippen LogP contribution in [0.3, 0.4) is 0 Å². The summed E-state index contributed by atoms with van der Waals surface area (Å²) in [5.74, 6) is 0.366. The first-order valence-corrected chi connectivity index (χ1v) is 9.98. The average molecular weight is 382 g/mol. The summed E-state index contributed by atoms with van der Waals surface area (Å²) in [5, 5.41) is 10.2. The number of hydrogen-bond acceptors (Lipinski definition) is 5. The second-order valence-corrected chi connectivity index (χ2v) is 8.13. The van der Waals surface area contributed by atoms with Crippen molar-refractivity contribution in [3.8, 4) is 0 Å². The predicted octanol–water partition coefficient (Wildman–Crippen LogP) is 2.81. The zero-order chi connectivity index (χ0) is 18.8. The monoisotopic (exact) mass is 382 g/mol. The maximum absolute atomic E-state index is 12.5. The minimum atomic E-state index is -0.148. The van der Waals surface area contributed by atoms with Crippen molar-refractivity contribution in [2.24, 2.45) is 0 Å². The van der Waals surface area contributed by atoms with Gasteiger partial charge < -0.3 is 16.0 Å². The van der Waals surface area contributed by atoms with Gasteiger partial charge in [-0.15, -0.1) is 0 Å². The van der Waals surface area contributed by atoms with E-state index >= 15 is 0 Å². The molecule has 0 radical (unpaired) electrons. The summed E-state index contributed by atoms with van der Waals surface area (Å²) in [6.07, 6.45) is 3.40. The summed E-state index contributed by atoms with van der Waals surface area (Å²) < 4.78 is 0. The molecule has 1 aromatic heterocycles. The fraction of sp³-hybridized carbons (Fsp3) is 0.350. The molecule has 3 heterocycles. The molecule has 3 atom stereocenters. The molecule has 0 aliphatic carbocycles. The predicted molar refractivity (Wildman–Crippen MR) is 105 cm³/mol. The number of nitrogens with one attached hydrogen (secondary N) is 3. The van der Waals surface area contributed by atoms with Crippen LogP contribution in [0.25, 0.3) is 0 Å². The van der Waals surface area contributed by atoms with Crippen molar-refractivity contribution in [3.05, 3.63) is 48.0 Å². The summed E-state index contributed by atoms with van der Waals surface area (Å²) in [6, 6.07) is 14.3. The minimum Gasteiger partial charge on any atom is -0.348 e. The molecular weight excluding hydrogens is 360 g/mol. The minimum absolute atomic E-state index is 0.0170.